The molecule has 0 aliphatic rings. The number of hydrogen-bond acceptors (Lipinski definition) is 4. The molecule has 3 aromatic rings. The molecule has 1 heterocycles. The van der Waals surface area contributed by atoms with Crippen molar-refractivity contribution in [2.45, 2.75) is 13.0 Å². The van der Waals surface area contributed by atoms with Gasteiger partial charge in [-0.15, -0.1) is 0 Å². The lowest BCUT2D eigenvalue weighted by Crippen LogP contribution is -2.14. The van der Waals surface area contributed by atoms with Gasteiger partial charge >= 0.3 is 0 Å². The molecular formula is C20H20N2O3. The van der Waals surface area contributed by atoms with Crippen LogP contribution >= 0.6 is 0 Å². The lowest BCUT2D eigenvalue weighted by atomic mass is 10.1. The smallest absolute Gasteiger partial charge is 0.228 e. The summed E-state index contributed by atoms with van der Waals surface area (Å²) in [5.74, 6) is 1.60. The summed E-state index contributed by atoms with van der Waals surface area (Å²) >= 11 is 0. The van der Waals surface area contributed by atoms with Crippen LogP contribution in [0.3, 0.4) is 0 Å². The Kier molecular flexibility index (Phi) is 5.36. The average molecular weight is 336 g/mol. The number of hydrogen-bond donors (Lipinski definition) is 2. The summed E-state index contributed by atoms with van der Waals surface area (Å²) in [5.41, 5.74) is 2.67. The third-order valence-corrected chi connectivity index (χ3v) is 3.74. The Morgan fingerprint density at radius 1 is 1.00 bits per heavy atom. The van der Waals surface area contributed by atoms with Crippen LogP contribution in [0, 0.1) is 0 Å². The lowest BCUT2D eigenvalue weighted by molar-refractivity contribution is -0.115. The van der Waals surface area contributed by atoms with E-state index in [1.807, 2.05) is 60.7 Å². The average Bonchev–Trinajstić information content (AvgIpc) is 3.15. The van der Waals surface area contributed by atoms with Gasteiger partial charge in [0.1, 0.15) is 11.5 Å². The SMILES string of the molecule is COc1ccc(CC(=O)Nc2ccc(NCc3ccco3)cc2)cc1. The van der Waals surface area contributed by atoms with Crippen LogP contribution in [0.25, 0.3) is 0 Å². The summed E-state index contributed by atoms with van der Waals surface area (Å²) in [4.78, 5) is 12.1. The Bertz CT molecular complexity index is 794. The van der Waals surface area contributed by atoms with Crippen LogP contribution in [0.4, 0.5) is 11.4 Å². The van der Waals surface area contributed by atoms with Gasteiger partial charge in [-0.05, 0) is 54.1 Å². The van der Waals surface area contributed by atoms with Crippen molar-refractivity contribution in [3.8, 4) is 5.75 Å². The molecule has 128 valence electrons. The van der Waals surface area contributed by atoms with E-state index >= 15 is 0 Å². The van der Waals surface area contributed by atoms with Gasteiger partial charge in [-0.2, -0.15) is 0 Å². The fraction of sp³-hybridized carbons (Fsp3) is 0.150. The number of carbonyl (C=O) groups is 1. The summed E-state index contributed by atoms with van der Waals surface area (Å²) in [5, 5.41) is 6.16. The molecule has 0 aliphatic carbocycles. The molecule has 0 fully saturated rings. The minimum Gasteiger partial charge on any atom is -0.497 e. The number of rotatable bonds is 7. The Labute approximate surface area is 146 Å². The highest BCUT2D eigenvalue weighted by Crippen LogP contribution is 2.16. The van der Waals surface area contributed by atoms with Gasteiger partial charge in [-0.25, -0.2) is 0 Å². The molecule has 0 saturated carbocycles. The summed E-state index contributed by atoms with van der Waals surface area (Å²) in [6.45, 7) is 0.621. The second-order valence-electron chi connectivity index (χ2n) is 5.58. The van der Waals surface area contributed by atoms with E-state index < -0.39 is 0 Å². The van der Waals surface area contributed by atoms with Crippen LogP contribution in [0.5, 0.6) is 5.75 Å². The number of methoxy groups -OCH3 is 1. The van der Waals surface area contributed by atoms with Crippen molar-refractivity contribution in [1.29, 1.82) is 0 Å². The zero-order chi connectivity index (χ0) is 17.5. The first kappa shape index (κ1) is 16.6. The van der Waals surface area contributed by atoms with E-state index in [1.165, 1.54) is 0 Å². The van der Waals surface area contributed by atoms with Crippen LogP contribution in [-0.4, -0.2) is 13.0 Å². The monoisotopic (exact) mass is 336 g/mol. The Hall–Kier alpha value is -3.21. The second-order valence-corrected chi connectivity index (χ2v) is 5.58. The first-order chi connectivity index (χ1) is 12.2. The maximum absolute atomic E-state index is 12.1. The predicted molar refractivity (Wildman–Crippen MR) is 97.8 cm³/mol. The Morgan fingerprint density at radius 3 is 2.36 bits per heavy atom. The van der Waals surface area contributed by atoms with Gasteiger partial charge in [0.05, 0.1) is 26.3 Å². The third-order valence-electron chi connectivity index (χ3n) is 3.74. The van der Waals surface area contributed by atoms with Gasteiger partial charge < -0.3 is 19.8 Å². The van der Waals surface area contributed by atoms with Gasteiger partial charge in [-0.1, -0.05) is 12.1 Å². The van der Waals surface area contributed by atoms with Crippen molar-refractivity contribution in [3.63, 3.8) is 0 Å². The molecule has 2 N–H and O–H groups in total. The number of nitrogens with one attached hydrogen (secondary N) is 2. The largest absolute Gasteiger partial charge is 0.497 e. The molecule has 0 spiro atoms. The predicted octanol–water partition coefficient (Wildman–Crippen LogP) is 4.08. The topological polar surface area (TPSA) is 63.5 Å². The van der Waals surface area contributed by atoms with Crippen LogP contribution in [0.2, 0.25) is 0 Å². The van der Waals surface area contributed by atoms with Gasteiger partial charge in [0.2, 0.25) is 5.91 Å². The zero-order valence-corrected chi connectivity index (χ0v) is 14.0. The van der Waals surface area contributed by atoms with E-state index in [9.17, 15) is 4.79 Å². The molecule has 1 amide bonds. The van der Waals surface area contributed by atoms with Gasteiger partial charge in [0, 0.05) is 11.4 Å². The molecule has 0 radical (unpaired) electrons. The number of amides is 1. The fourth-order valence-corrected chi connectivity index (χ4v) is 2.41. The van der Waals surface area contributed by atoms with Crippen molar-refractivity contribution in [2.75, 3.05) is 17.7 Å². The standard InChI is InChI=1S/C20H20N2O3/c1-24-18-10-4-15(5-11-18)13-20(23)22-17-8-6-16(7-9-17)21-14-19-3-2-12-25-19/h2-12,21H,13-14H2,1H3,(H,22,23). The first-order valence-electron chi connectivity index (χ1n) is 8.02. The van der Waals surface area contributed by atoms with E-state index in [0.717, 1.165) is 28.4 Å². The minimum atomic E-state index is -0.0542. The molecule has 25 heavy (non-hydrogen) atoms. The quantitative estimate of drug-likeness (QED) is 0.682. The fourth-order valence-electron chi connectivity index (χ4n) is 2.41. The maximum Gasteiger partial charge on any atom is 0.228 e. The summed E-state index contributed by atoms with van der Waals surface area (Å²) in [6.07, 6.45) is 1.97. The third kappa shape index (κ3) is 4.88. The molecule has 1 aromatic heterocycles. The molecular weight excluding hydrogens is 316 g/mol. The van der Waals surface area contributed by atoms with E-state index in [1.54, 1.807) is 13.4 Å². The highest BCUT2D eigenvalue weighted by Gasteiger charge is 2.05. The number of anilines is 2. The first-order valence-corrected chi connectivity index (χ1v) is 8.02. The summed E-state index contributed by atoms with van der Waals surface area (Å²) < 4.78 is 10.4. The van der Waals surface area contributed by atoms with Crippen LogP contribution in [0.1, 0.15) is 11.3 Å². The van der Waals surface area contributed by atoms with Crippen molar-refractivity contribution < 1.29 is 13.9 Å². The second kappa shape index (κ2) is 8.06. The van der Waals surface area contributed by atoms with E-state index in [2.05, 4.69) is 10.6 Å². The molecule has 0 bridgehead atoms. The van der Waals surface area contributed by atoms with E-state index in [0.29, 0.717) is 13.0 Å². The number of furan rings is 1. The highest BCUT2D eigenvalue weighted by atomic mass is 16.5. The summed E-state index contributed by atoms with van der Waals surface area (Å²) in [7, 11) is 1.62. The molecule has 3 rings (SSSR count). The Morgan fingerprint density at radius 2 is 1.72 bits per heavy atom. The van der Waals surface area contributed by atoms with Gasteiger partial charge in [0.15, 0.2) is 0 Å². The van der Waals surface area contributed by atoms with Crippen LogP contribution in [0.15, 0.2) is 71.3 Å². The molecule has 5 heteroatoms. The van der Waals surface area contributed by atoms with Crippen molar-refractivity contribution in [3.05, 3.63) is 78.3 Å². The molecule has 0 aliphatic heterocycles. The minimum absolute atomic E-state index is 0.0542. The van der Waals surface area contributed by atoms with Crippen LogP contribution in [-0.2, 0) is 17.8 Å². The van der Waals surface area contributed by atoms with Crippen LogP contribution < -0.4 is 15.4 Å². The van der Waals surface area contributed by atoms with Crippen molar-refractivity contribution in [1.82, 2.24) is 0 Å². The zero-order valence-electron chi connectivity index (χ0n) is 14.0. The molecule has 5 nitrogen and oxygen atoms in total. The highest BCUT2D eigenvalue weighted by molar-refractivity contribution is 5.92. The molecule has 2 aromatic carbocycles. The van der Waals surface area contributed by atoms with Crippen molar-refractivity contribution in [2.24, 2.45) is 0 Å². The van der Waals surface area contributed by atoms with Crippen molar-refractivity contribution >= 4 is 17.3 Å². The number of benzene rings is 2. The Balaban J connectivity index is 1.50. The van der Waals surface area contributed by atoms with Gasteiger partial charge in [0.25, 0.3) is 0 Å². The van der Waals surface area contributed by atoms with E-state index in [4.69, 9.17) is 9.15 Å². The molecule has 0 unspecified atom stereocenters. The normalized spacial score (nSPS) is 10.3. The lowest BCUT2D eigenvalue weighted by Gasteiger charge is -2.08. The summed E-state index contributed by atoms with van der Waals surface area (Å²) in [6, 6.07) is 18.8. The number of ether oxygens (including phenoxy) is 1. The maximum atomic E-state index is 12.1. The van der Waals surface area contributed by atoms with Gasteiger partial charge in [-0.3, -0.25) is 4.79 Å². The molecule has 0 saturated heterocycles. The van der Waals surface area contributed by atoms with E-state index in [-0.39, 0.29) is 5.91 Å². The molecule has 0 atom stereocenters. The number of carbonyl (C=O) groups excluding carboxylic acids is 1.